The van der Waals surface area contributed by atoms with Crippen LogP contribution >= 0.6 is 0 Å². The van der Waals surface area contributed by atoms with Gasteiger partial charge in [0.15, 0.2) is 5.69 Å². The number of carbonyl (C=O) groups is 1. The molecule has 0 aliphatic carbocycles. The van der Waals surface area contributed by atoms with Gasteiger partial charge in [0.1, 0.15) is 17.1 Å². The van der Waals surface area contributed by atoms with Crippen molar-refractivity contribution in [3.05, 3.63) is 35.7 Å². The smallest absolute Gasteiger partial charge is 0.357 e. The minimum Gasteiger partial charge on any atom is -0.464 e. The van der Waals surface area contributed by atoms with Crippen molar-refractivity contribution in [1.82, 2.24) is 20.0 Å². The molecule has 3 aromatic rings. The number of hydrogen-bond acceptors (Lipinski definition) is 6. The van der Waals surface area contributed by atoms with E-state index in [-0.39, 0.29) is 16.9 Å². The van der Waals surface area contributed by atoms with Crippen molar-refractivity contribution in [3.63, 3.8) is 0 Å². The summed E-state index contributed by atoms with van der Waals surface area (Å²) in [6.07, 6.45) is 1.48. The van der Waals surface area contributed by atoms with Crippen LogP contribution in [0, 0.1) is 11.3 Å². The Labute approximate surface area is 118 Å². The van der Waals surface area contributed by atoms with E-state index in [9.17, 15) is 4.79 Å². The van der Waals surface area contributed by atoms with Gasteiger partial charge in [-0.25, -0.2) is 4.79 Å². The molecule has 0 unspecified atom stereocenters. The lowest BCUT2D eigenvalue weighted by Gasteiger charge is -2.08. The molecule has 0 aliphatic rings. The van der Waals surface area contributed by atoms with Gasteiger partial charge >= 0.3 is 5.97 Å². The fourth-order valence-electron chi connectivity index (χ4n) is 2.15. The van der Waals surface area contributed by atoms with Crippen LogP contribution in [0.3, 0.4) is 0 Å². The molecule has 0 radical (unpaired) electrons. The minimum atomic E-state index is -0.630. The van der Waals surface area contributed by atoms with Crippen LogP contribution in [-0.4, -0.2) is 33.1 Å². The molecular weight excluding hydrogens is 272 g/mol. The SMILES string of the molecule is COC(=O)c1c(N)c(C#N)cn1-c1cccc2n[nH]nc12. The second kappa shape index (κ2) is 4.64. The second-order valence-corrected chi connectivity index (χ2v) is 4.25. The number of methoxy groups -OCH3 is 1. The number of fused-ring (bicyclic) bond motifs is 1. The van der Waals surface area contributed by atoms with E-state index in [1.807, 2.05) is 6.07 Å². The van der Waals surface area contributed by atoms with Gasteiger partial charge in [-0.1, -0.05) is 6.07 Å². The van der Waals surface area contributed by atoms with Gasteiger partial charge in [0.05, 0.1) is 24.0 Å². The summed E-state index contributed by atoms with van der Waals surface area (Å²) >= 11 is 0. The van der Waals surface area contributed by atoms with Crippen molar-refractivity contribution in [1.29, 1.82) is 5.26 Å². The third-order valence-corrected chi connectivity index (χ3v) is 3.13. The Bertz CT molecular complexity index is 886. The number of benzene rings is 1. The average molecular weight is 282 g/mol. The first kappa shape index (κ1) is 12.7. The number of nitrogens with zero attached hydrogens (tertiary/aromatic N) is 4. The van der Waals surface area contributed by atoms with E-state index in [0.717, 1.165) is 0 Å². The molecule has 2 heterocycles. The fourth-order valence-corrected chi connectivity index (χ4v) is 2.15. The van der Waals surface area contributed by atoms with Gasteiger partial charge in [0.2, 0.25) is 0 Å². The lowest BCUT2D eigenvalue weighted by atomic mass is 10.2. The summed E-state index contributed by atoms with van der Waals surface area (Å²) in [7, 11) is 1.25. The Morgan fingerprint density at radius 2 is 2.29 bits per heavy atom. The number of esters is 1. The Kier molecular flexibility index (Phi) is 2.80. The highest BCUT2D eigenvalue weighted by atomic mass is 16.5. The van der Waals surface area contributed by atoms with E-state index in [1.54, 1.807) is 18.2 Å². The number of aromatic nitrogens is 4. The summed E-state index contributed by atoms with van der Waals surface area (Å²) in [6, 6.07) is 7.24. The Morgan fingerprint density at radius 3 is 3.00 bits per heavy atom. The van der Waals surface area contributed by atoms with Crippen molar-refractivity contribution in [2.24, 2.45) is 0 Å². The molecule has 0 spiro atoms. The summed E-state index contributed by atoms with van der Waals surface area (Å²) in [6.45, 7) is 0. The molecule has 104 valence electrons. The lowest BCUT2D eigenvalue weighted by molar-refractivity contribution is 0.0593. The number of anilines is 1. The topological polar surface area (TPSA) is 123 Å². The van der Waals surface area contributed by atoms with Crippen LogP contribution < -0.4 is 5.73 Å². The predicted octanol–water partition coefficient (Wildman–Crippen LogP) is 0.989. The molecule has 8 heteroatoms. The van der Waals surface area contributed by atoms with Crippen molar-refractivity contribution in [2.75, 3.05) is 12.8 Å². The number of hydrogen-bond donors (Lipinski definition) is 2. The standard InChI is InChI=1S/C13H10N6O2/c1-21-13(20)12-10(15)7(5-14)6-19(12)9-4-2-3-8-11(9)17-18-16-8/h2-4,6H,15H2,1H3,(H,16,17,18). The highest BCUT2D eigenvalue weighted by molar-refractivity contribution is 5.97. The lowest BCUT2D eigenvalue weighted by Crippen LogP contribution is -2.11. The molecule has 3 rings (SSSR count). The molecular formula is C13H10N6O2. The maximum atomic E-state index is 12.0. The molecule has 0 bridgehead atoms. The summed E-state index contributed by atoms with van der Waals surface area (Å²) in [4.78, 5) is 12.0. The van der Waals surface area contributed by atoms with Crippen molar-refractivity contribution in [3.8, 4) is 11.8 Å². The number of ether oxygens (including phenoxy) is 1. The molecule has 2 aromatic heterocycles. The molecule has 3 N–H and O–H groups in total. The van der Waals surface area contributed by atoms with E-state index in [1.165, 1.54) is 17.9 Å². The number of nitrogens with one attached hydrogen (secondary N) is 1. The number of rotatable bonds is 2. The van der Waals surface area contributed by atoms with E-state index >= 15 is 0 Å². The molecule has 0 atom stereocenters. The first-order valence-corrected chi connectivity index (χ1v) is 5.96. The van der Waals surface area contributed by atoms with Crippen LogP contribution in [0.1, 0.15) is 16.1 Å². The Hall–Kier alpha value is -3.34. The number of nitrogens with two attached hydrogens (primary N) is 1. The number of nitriles is 1. The second-order valence-electron chi connectivity index (χ2n) is 4.25. The average Bonchev–Trinajstić information content (AvgIpc) is 3.10. The van der Waals surface area contributed by atoms with E-state index in [2.05, 4.69) is 15.4 Å². The summed E-state index contributed by atoms with van der Waals surface area (Å²) in [5.74, 6) is -0.630. The highest BCUT2D eigenvalue weighted by Gasteiger charge is 2.23. The zero-order valence-electron chi connectivity index (χ0n) is 11.0. The van der Waals surface area contributed by atoms with Gasteiger partial charge in [-0.05, 0) is 12.1 Å². The van der Waals surface area contributed by atoms with Crippen LogP contribution in [0.5, 0.6) is 0 Å². The van der Waals surface area contributed by atoms with Gasteiger partial charge in [0, 0.05) is 6.20 Å². The fraction of sp³-hybridized carbons (Fsp3) is 0.0769. The van der Waals surface area contributed by atoms with Crippen LogP contribution in [0.15, 0.2) is 24.4 Å². The monoisotopic (exact) mass is 282 g/mol. The summed E-state index contributed by atoms with van der Waals surface area (Å²) in [5.41, 5.74) is 7.98. The molecule has 0 aliphatic heterocycles. The van der Waals surface area contributed by atoms with Gasteiger partial charge in [-0.3, -0.25) is 0 Å². The number of aromatic amines is 1. The van der Waals surface area contributed by atoms with Crippen LogP contribution in [0.25, 0.3) is 16.7 Å². The predicted molar refractivity (Wildman–Crippen MR) is 73.7 cm³/mol. The zero-order chi connectivity index (χ0) is 15.0. The quantitative estimate of drug-likeness (QED) is 0.676. The van der Waals surface area contributed by atoms with Crippen molar-refractivity contribution >= 4 is 22.7 Å². The van der Waals surface area contributed by atoms with E-state index in [0.29, 0.717) is 16.7 Å². The third kappa shape index (κ3) is 1.80. The molecule has 0 amide bonds. The van der Waals surface area contributed by atoms with Gasteiger partial charge in [-0.15, -0.1) is 0 Å². The molecule has 8 nitrogen and oxygen atoms in total. The van der Waals surface area contributed by atoms with E-state index < -0.39 is 5.97 Å². The molecule has 0 fully saturated rings. The van der Waals surface area contributed by atoms with E-state index in [4.69, 9.17) is 15.7 Å². The number of para-hydroxylation sites is 1. The van der Waals surface area contributed by atoms with Gasteiger partial charge in [-0.2, -0.15) is 20.7 Å². The Balaban J connectivity index is 2.35. The van der Waals surface area contributed by atoms with Crippen LogP contribution in [-0.2, 0) is 4.74 Å². The molecule has 0 saturated carbocycles. The van der Waals surface area contributed by atoms with Crippen molar-refractivity contribution < 1.29 is 9.53 Å². The van der Waals surface area contributed by atoms with Gasteiger partial charge < -0.3 is 15.0 Å². The van der Waals surface area contributed by atoms with Crippen LogP contribution in [0.2, 0.25) is 0 Å². The zero-order valence-corrected chi connectivity index (χ0v) is 11.0. The normalized spacial score (nSPS) is 10.5. The van der Waals surface area contributed by atoms with Crippen LogP contribution in [0.4, 0.5) is 5.69 Å². The maximum absolute atomic E-state index is 12.0. The van der Waals surface area contributed by atoms with Gasteiger partial charge in [0.25, 0.3) is 0 Å². The summed E-state index contributed by atoms with van der Waals surface area (Å²) < 4.78 is 6.23. The van der Waals surface area contributed by atoms with Crippen molar-refractivity contribution in [2.45, 2.75) is 0 Å². The molecule has 1 aromatic carbocycles. The minimum absolute atomic E-state index is 0.0739. The molecule has 0 saturated heterocycles. The number of H-pyrrole nitrogens is 1. The molecule has 21 heavy (non-hydrogen) atoms. The first-order chi connectivity index (χ1) is 10.2. The first-order valence-electron chi connectivity index (χ1n) is 5.96. The number of nitrogen functional groups attached to an aromatic ring is 1. The highest BCUT2D eigenvalue weighted by Crippen LogP contribution is 2.27. The maximum Gasteiger partial charge on any atom is 0.357 e. The largest absolute Gasteiger partial charge is 0.464 e. The Morgan fingerprint density at radius 1 is 1.48 bits per heavy atom. The third-order valence-electron chi connectivity index (χ3n) is 3.13. The number of carbonyl (C=O) groups excluding carboxylic acids is 1. The summed E-state index contributed by atoms with van der Waals surface area (Å²) in [5, 5.41) is 19.7.